The van der Waals surface area contributed by atoms with Gasteiger partial charge in [-0.3, -0.25) is 0 Å². The Balaban J connectivity index is 1.75. The monoisotopic (exact) mass is 420 g/mol. The molecule has 150 valence electrons. The van der Waals surface area contributed by atoms with Crippen LogP contribution in [-0.2, 0) is 11.3 Å². The van der Waals surface area contributed by atoms with Crippen LogP contribution in [0.15, 0.2) is 42.5 Å². The van der Waals surface area contributed by atoms with Crippen molar-refractivity contribution in [1.82, 2.24) is 4.90 Å². The third-order valence-electron chi connectivity index (χ3n) is 4.65. The first-order chi connectivity index (χ1) is 13.6. The van der Waals surface area contributed by atoms with Gasteiger partial charge in [-0.1, -0.05) is 17.7 Å². The Kier molecular flexibility index (Phi) is 7.36. The molecule has 1 fully saturated rings. The zero-order valence-corrected chi connectivity index (χ0v) is 17.7. The van der Waals surface area contributed by atoms with Gasteiger partial charge in [0.05, 0.1) is 20.3 Å². The molecule has 5 nitrogen and oxygen atoms in total. The van der Waals surface area contributed by atoms with Crippen LogP contribution in [0.3, 0.4) is 0 Å². The minimum atomic E-state index is 0.185. The number of ether oxygens (including phenoxy) is 3. The Labute approximate surface area is 176 Å². The second-order valence-electron chi connectivity index (χ2n) is 6.64. The summed E-state index contributed by atoms with van der Waals surface area (Å²) in [4.78, 5) is 2.13. The Hall–Kier alpha value is -2.02. The van der Waals surface area contributed by atoms with E-state index in [1.807, 2.05) is 42.5 Å². The molecule has 0 aliphatic carbocycles. The van der Waals surface area contributed by atoms with Gasteiger partial charge in [-0.25, -0.2) is 0 Å². The molecule has 28 heavy (non-hydrogen) atoms. The zero-order valence-electron chi connectivity index (χ0n) is 16.1. The molecule has 0 radical (unpaired) electrons. The summed E-state index contributed by atoms with van der Waals surface area (Å²) in [7, 11) is 3.27. The highest BCUT2D eigenvalue weighted by atomic mass is 35.5. The molecule has 2 aromatic carbocycles. The average Bonchev–Trinajstić information content (AvgIpc) is 3.22. The van der Waals surface area contributed by atoms with E-state index < -0.39 is 0 Å². The summed E-state index contributed by atoms with van der Waals surface area (Å²) in [5.41, 5.74) is 1.98. The number of halogens is 1. The van der Waals surface area contributed by atoms with Crippen LogP contribution in [0.4, 0.5) is 5.69 Å². The van der Waals surface area contributed by atoms with Gasteiger partial charge in [0.2, 0.25) is 0 Å². The molecule has 1 aliphatic rings. The largest absolute Gasteiger partial charge is 0.493 e. The van der Waals surface area contributed by atoms with Crippen molar-refractivity contribution in [3.63, 3.8) is 0 Å². The van der Waals surface area contributed by atoms with Crippen molar-refractivity contribution >= 4 is 34.6 Å². The lowest BCUT2D eigenvalue weighted by molar-refractivity contribution is 0.0905. The van der Waals surface area contributed by atoms with Crippen LogP contribution in [0, 0.1) is 0 Å². The van der Waals surface area contributed by atoms with E-state index in [1.165, 1.54) is 0 Å². The van der Waals surface area contributed by atoms with Crippen molar-refractivity contribution in [1.29, 1.82) is 0 Å². The lowest BCUT2D eigenvalue weighted by atomic mass is 10.1. The van der Waals surface area contributed by atoms with Crippen molar-refractivity contribution in [3.05, 3.63) is 53.1 Å². The molecule has 0 saturated carbocycles. The van der Waals surface area contributed by atoms with E-state index in [-0.39, 0.29) is 6.10 Å². The lowest BCUT2D eigenvalue weighted by Crippen LogP contribution is -2.39. The maximum atomic E-state index is 5.98. The van der Waals surface area contributed by atoms with E-state index >= 15 is 0 Å². The number of anilines is 1. The Morgan fingerprint density at radius 3 is 2.57 bits per heavy atom. The van der Waals surface area contributed by atoms with Crippen molar-refractivity contribution in [2.24, 2.45) is 0 Å². The third-order valence-corrected chi connectivity index (χ3v) is 5.26. The molecule has 1 aliphatic heterocycles. The fourth-order valence-corrected chi connectivity index (χ4v) is 3.57. The van der Waals surface area contributed by atoms with E-state index in [0.717, 1.165) is 37.2 Å². The van der Waals surface area contributed by atoms with Gasteiger partial charge in [-0.05, 0) is 67.0 Å². The summed E-state index contributed by atoms with van der Waals surface area (Å²) in [6.45, 7) is 2.18. The molecule has 1 atom stereocenters. The molecule has 0 aromatic heterocycles. The number of hydrogen-bond donors (Lipinski definition) is 1. The standard InChI is InChI=1S/C21H25ClN2O3S/c1-25-19-10-5-15(12-20(19)26-2)13-24(14-18-4-3-11-27-18)21(28)23-17-8-6-16(22)7-9-17/h5-10,12,18H,3-4,11,13-14H2,1-2H3,(H,23,28). The first-order valence-electron chi connectivity index (χ1n) is 9.23. The number of nitrogens with zero attached hydrogens (tertiary/aromatic N) is 1. The second kappa shape index (κ2) is 9.96. The van der Waals surface area contributed by atoms with Crippen molar-refractivity contribution in [2.75, 3.05) is 32.7 Å². The number of benzene rings is 2. The topological polar surface area (TPSA) is 43.0 Å². The van der Waals surface area contributed by atoms with E-state index in [2.05, 4.69) is 10.2 Å². The van der Waals surface area contributed by atoms with E-state index in [9.17, 15) is 0 Å². The molecular formula is C21H25ClN2O3S. The van der Waals surface area contributed by atoms with Gasteiger partial charge in [0.15, 0.2) is 16.6 Å². The minimum Gasteiger partial charge on any atom is -0.493 e. The van der Waals surface area contributed by atoms with Gasteiger partial charge >= 0.3 is 0 Å². The fraction of sp³-hybridized carbons (Fsp3) is 0.381. The molecule has 1 saturated heterocycles. The molecule has 1 unspecified atom stereocenters. The molecule has 0 spiro atoms. The zero-order chi connectivity index (χ0) is 19.9. The number of hydrogen-bond acceptors (Lipinski definition) is 4. The number of rotatable bonds is 7. The van der Waals surface area contributed by atoms with Crippen molar-refractivity contribution < 1.29 is 14.2 Å². The van der Waals surface area contributed by atoms with E-state index in [4.69, 9.17) is 38.0 Å². The fourth-order valence-electron chi connectivity index (χ4n) is 3.19. The smallest absolute Gasteiger partial charge is 0.173 e. The maximum absolute atomic E-state index is 5.98. The predicted molar refractivity (Wildman–Crippen MR) is 117 cm³/mol. The van der Waals surface area contributed by atoms with Crippen LogP contribution in [0.25, 0.3) is 0 Å². The summed E-state index contributed by atoms with van der Waals surface area (Å²) in [6, 6.07) is 13.4. The maximum Gasteiger partial charge on any atom is 0.173 e. The second-order valence-corrected chi connectivity index (χ2v) is 7.47. The van der Waals surface area contributed by atoms with Gasteiger partial charge in [0, 0.05) is 30.4 Å². The first-order valence-corrected chi connectivity index (χ1v) is 10.0. The predicted octanol–water partition coefficient (Wildman–Crippen LogP) is 4.74. The van der Waals surface area contributed by atoms with E-state index in [0.29, 0.717) is 28.2 Å². The molecule has 3 rings (SSSR count). The third kappa shape index (κ3) is 5.50. The highest BCUT2D eigenvalue weighted by Gasteiger charge is 2.21. The summed E-state index contributed by atoms with van der Waals surface area (Å²) in [6.07, 6.45) is 2.32. The van der Waals surface area contributed by atoms with Gasteiger partial charge < -0.3 is 24.4 Å². The number of nitrogens with one attached hydrogen (secondary N) is 1. The van der Waals surface area contributed by atoms with Gasteiger partial charge in [0.25, 0.3) is 0 Å². The van der Waals surface area contributed by atoms with Crippen LogP contribution in [0.5, 0.6) is 11.5 Å². The Bertz CT molecular complexity index is 795. The molecule has 1 heterocycles. The van der Waals surface area contributed by atoms with Crippen molar-refractivity contribution in [2.45, 2.75) is 25.5 Å². The SMILES string of the molecule is COc1ccc(CN(CC2CCCO2)C(=S)Nc2ccc(Cl)cc2)cc1OC. The molecule has 7 heteroatoms. The average molecular weight is 421 g/mol. The Morgan fingerprint density at radius 1 is 1.18 bits per heavy atom. The summed E-state index contributed by atoms with van der Waals surface area (Å²) < 4.78 is 16.6. The van der Waals surface area contributed by atoms with E-state index in [1.54, 1.807) is 14.2 Å². The molecular weight excluding hydrogens is 396 g/mol. The highest BCUT2D eigenvalue weighted by molar-refractivity contribution is 7.80. The van der Waals surface area contributed by atoms with Crippen LogP contribution in [0.1, 0.15) is 18.4 Å². The molecule has 0 bridgehead atoms. The first kappa shape index (κ1) is 20.7. The lowest BCUT2D eigenvalue weighted by Gasteiger charge is -2.28. The van der Waals surface area contributed by atoms with Gasteiger partial charge in [0.1, 0.15) is 0 Å². The van der Waals surface area contributed by atoms with Crippen LogP contribution in [-0.4, -0.2) is 43.5 Å². The van der Waals surface area contributed by atoms with Gasteiger partial charge in [-0.15, -0.1) is 0 Å². The van der Waals surface area contributed by atoms with Crippen LogP contribution >= 0.6 is 23.8 Å². The number of methoxy groups -OCH3 is 2. The number of thiocarbonyl (C=S) groups is 1. The molecule has 2 aromatic rings. The summed E-state index contributed by atoms with van der Waals surface area (Å²) >= 11 is 11.7. The van der Waals surface area contributed by atoms with Crippen LogP contribution in [0.2, 0.25) is 5.02 Å². The summed E-state index contributed by atoms with van der Waals surface area (Å²) in [5, 5.41) is 4.64. The molecule has 1 N–H and O–H groups in total. The summed E-state index contributed by atoms with van der Waals surface area (Å²) in [5.74, 6) is 1.41. The van der Waals surface area contributed by atoms with Crippen LogP contribution < -0.4 is 14.8 Å². The quantitative estimate of drug-likeness (QED) is 0.653. The van der Waals surface area contributed by atoms with Gasteiger partial charge in [-0.2, -0.15) is 0 Å². The van der Waals surface area contributed by atoms with Crippen molar-refractivity contribution in [3.8, 4) is 11.5 Å². The minimum absolute atomic E-state index is 0.185. The Morgan fingerprint density at radius 2 is 1.93 bits per heavy atom. The molecule has 0 amide bonds. The highest BCUT2D eigenvalue weighted by Crippen LogP contribution is 2.28. The normalized spacial score (nSPS) is 15.9.